The van der Waals surface area contributed by atoms with E-state index in [1.165, 1.54) is 0 Å². The van der Waals surface area contributed by atoms with Crippen molar-refractivity contribution in [3.8, 4) is 0 Å². The Kier molecular flexibility index (Phi) is 47.6. The summed E-state index contributed by atoms with van der Waals surface area (Å²) in [4.78, 5) is 52.7. The molecule has 0 aliphatic heterocycles. The molecular formula is C39H80MoO11Si4. The first-order valence-electron chi connectivity index (χ1n) is 18.9. The number of carboxylic acid groups (broad SMARTS) is 1. The Balaban J connectivity index is -0.000000139. The molecule has 16 heteroatoms. The third-order valence-electron chi connectivity index (χ3n) is 6.41. The maximum Gasteiger partial charge on any atom is 0.306 e. The minimum atomic E-state index is -1.10. The van der Waals surface area contributed by atoms with E-state index in [1.54, 1.807) is 18.2 Å². The Morgan fingerprint density at radius 2 is 0.855 bits per heavy atom. The first kappa shape index (κ1) is 65.0. The molecule has 0 radical (unpaired) electrons. The number of aliphatic hydroxyl groups excluding tert-OH is 2. The van der Waals surface area contributed by atoms with Crippen molar-refractivity contribution < 1.29 is 74.6 Å². The molecule has 0 aliphatic rings. The number of carbonyl (C=O) groups excluding carboxylic acids is 4. The van der Waals surface area contributed by atoms with E-state index >= 15 is 0 Å². The zero-order valence-electron chi connectivity index (χ0n) is 36.6. The van der Waals surface area contributed by atoms with Crippen molar-refractivity contribution in [1.29, 1.82) is 0 Å². The Morgan fingerprint density at radius 3 is 1.07 bits per heavy atom. The Morgan fingerprint density at radius 1 is 0.545 bits per heavy atom. The third-order valence-corrected chi connectivity index (χ3v) is 13.2. The van der Waals surface area contributed by atoms with Gasteiger partial charge in [-0.2, -0.15) is 0 Å². The largest absolute Gasteiger partial charge is 0.516 e. The molecule has 0 rings (SSSR count). The second kappa shape index (κ2) is 40.3. The number of esters is 3. The number of carbonyl (C=O) groups is 5. The average molecular weight is 933 g/mol. The van der Waals surface area contributed by atoms with Crippen LogP contribution < -0.4 is 0 Å². The fourth-order valence-electron chi connectivity index (χ4n) is 2.86. The Bertz CT molecular complexity index is 989. The molecule has 55 heavy (non-hydrogen) atoms. The van der Waals surface area contributed by atoms with Gasteiger partial charge in [-0.25, -0.2) is 0 Å². The van der Waals surface area contributed by atoms with Crippen LogP contribution in [-0.2, 0) is 59.2 Å². The first-order valence-corrected chi connectivity index (χ1v) is 33.8. The number of hydrogen-bond acceptors (Lipinski definition) is 10. The third kappa shape index (κ3) is 81.3. The number of ether oxygens (including phenoxy) is 3. The summed E-state index contributed by atoms with van der Waals surface area (Å²) < 4.78 is 15.1. The van der Waals surface area contributed by atoms with Crippen molar-refractivity contribution in [2.75, 3.05) is 26.4 Å². The summed E-state index contributed by atoms with van der Waals surface area (Å²) in [5, 5.41) is 24.8. The van der Waals surface area contributed by atoms with Gasteiger partial charge >= 0.3 is 23.9 Å². The van der Waals surface area contributed by atoms with Gasteiger partial charge in [0.25, 0.3) is 0 Å². The summed E-state index contributed by atoms with van der Waals surface area (Å²) in [5.41, 5.74) is 0. The van der Waals surface area contributed by atoms with Crippen LogP contribution in [0.25, 0.3) is 0 Å². The molecule has 0 unspecified atom stereocenters. The molecule has 0 spiro atoms. The summed E-state index contributed by atoms with van der Waals surface area (Å²) in [7, 11) is -4.16. The molecule has 0 saturated heterocycles. The van der Waals surface area contributed by atoms with Crippen LogP contribution in [0.5, 0.6) is 0 Å². The van der Waals surface area contributed by atoms with Crippen molar-refractivity contribution in [3.05, 3.63) is 37.6 Å². The number of aldehydes is 1. The van der Waals surface area contributed by atoms with Crippen LogP contribution in [0.3, 0.4) is 0 Å². The van der Waals surface area contributed by atoms with Gasteiger partial charge in [-0.1, -0.05) is 90.7 Å². The summed E-state index contributed by atoms with van der Waals surface area (Å²) >= 11 is 0. The normalized spacial score (nSPS) is 10.8. The van der Waals surface area contributed by atoms with Gasteiger partial charge in [0, 0.05) is 85.7 Å². The maximum absolute atomic E-state index is 11.1. The number of carboxylic acids is 1. The molecule has 0 fully saturated rings. The predicted molar refractivity (Wildman–Crippen MR) is 235 cm³/mol. The van der Waals surface area contributed by atoms with Crippen LogP contribution >= 0.6 is 0 Å². The van der Waals surface area contributed by atoms with Gasteiger partial charge in [-0.05, 0) is 49.5 Å². The van der Waals surface area contributed by atoms with Crippen LogP contribution in [0.2, 0.25) is 103 Å². The molecule has 0 atom stereocenters. The average Bonchev–Trinajstić information content (AvgIpc) is 3.01. The van der Waals surface area contributed by atoms with Gasteiger partial charge in [-0.15, -0.1) is 13.2 Å². The van der Waals surface area contributed by atoms with Crippen LogP contribution in [0.4, 0.5) is 0 Å². The topological polar surface area (TPSA) is 174 Å². The molecule has 0 amide bonds. The molecule has 0 aliphatic carbocycles. The predicted octanol–water partition coefficient (Wildman–Crippen LogP) is 9.75. The van der Waals surface area contributed by atoms with E-state index in [0.29, 0.717) is 58.5 Å². The molecule has 0 bridgehead atoms. The summed E-state index contributed by atoms with van der Waals surface area (Å²) in [5.74, 6) is -1.30. The second-order valence-corrected chi connectivity index (χ2v) is 39.8. The fourth-order valence-corrected chi connectivity index (χ4v) is 5.68. The quantitative estimate of drug-likeness (QED) is 0.0222. The summed E-state index contributed by atoms with van der Waals surface area (Å²) in [6.45, 7) is 35.9. The first-order chi connectivity index (χ1) is 24.7. The number of allylic oxidation sites excluding steroid dienone is 3. The number of hydrogen-bond donors (Lipinski definition) is 3. The van der Waals surface area contributed by atoms with Crippen molar-refractivity contribution in [2.45, 2.75) is 154 Å². The van der Waals surface area contributed by atoms with Gasteiger partial charge in [-0.3, -0.25) is 19.2 Å². The molecule has 324 valence electrons. The van der Waals surface area contributed by atoms with Crippen molar-refractivity contribution in [2.24, 2.45) is 0 Å². The van der Waals surface area contributed by atoms with E-state index in [0.717, 1.165) is 36.7 Å². The molecule has 0 aromatic heterocycles. The van der Waals surface area contributed by atoms with Crippen LogP contribution in [0.15, 0.2) is 37.6 Å². The monoisotopic (exact) mass is 934 g/mol. The zero-order chi connectivity index (χ0) is 43.3. The molecule has 11 nitrogen and oxygen atoms in total. The van der Waals surface area contributed by atoms with E-state index in [2.05, 4.69) is 91.7 Å². The maximum atomic E-state index is 11.1. The zero-order valence-corrected chi connectivity index (χ0v) is 42.6. The minimum absolute atomic E-state index is 0. The molecule has 0 aromatic carbocycles. The Labute approximate surface area is 353 Å². The van der Waals surface area contributed by atoms with Gasteiger partial charge < -0.3 is 34.3 Å². The van der Waals surface area contributed by atoms with E-state index in [1.807, 2.05) is 0 Å². The van der Waals surface area contributed by atoms with Crippen molar-refractivity contribution in [3.63, 3.8) is 0 Å². The smallest absolute Gasteiger partial charge is 0.306 e. The van der Waals surface area contributed by atoms with Gasteiger partial charge in [0.2, 0.25) is 0 Å². The molecule has 0 aromatic rings. The molecular weight excluding hydrogens is 853 g/mol. The van der Waals surface area contributed by atoms with Crippen molar-refractivity contribution >= 4 is 62.5 Å². The van der Waals surface area contributed by atoms with Crippen molar-refractivity contribution in [1.82, 2.24) is 0 Å². The summed E-state index contributed by atoms with van der Waals surface area (Å²) in [6.07, 6.45) is 9.88. The fraction of sp³-hybridized carbons (Fsp3) is 0.718. The number of rotatable bonds is 23. The van der Waals surface area contributed by atoms with Crippen LogP contribution in [0.1, 0.15) is 51.4 Å². The van der Waals surface area contributed by atoms with Gasteiger partial charge in [0.1, 0.15) is 6.29 Å². The molecule has 3 N–H and O–H groups in total. The second-order valence-electron chi connectivity index (χ2n) is 17.3. The van der Waals surface area contributed by atoms with E-state index in [-0.39, 0.29) is 58.2 Å². The number of aliphatic hydroxyl groups is 2. The molecule has 0 saturated carbocycles. The van der Waals surface area contributed by atoms with Gasteiger partial charge in [0.15, 0.2) is 0 Å². The minimum Gasteiger partial charge on any atom is -0.516 e. The SMILES string of the molecule is C=CCCC(=O)O.C=CCCC(=O)OCC[Si](C)(C)C.C[Si](C)(C)CCO.C[Si](C)(C)CCOC(=O)CCC=CO.C[Si](C)(C)CCOC(=O)CCC=O.[Mo]. The Hall–Kier alpha value is -1.91. The van der Waals surface area contributed by atoms with Gasteiger partial charge in [0.05, 0.1) is 32.5 Å². The van der Waals surface area contributed by atoms with Crippen LogP contribution in [0, 0.1) is 0 Å². The summed E-state index contributed by atoms with van der Waals surface area (Å²) in [6, 6.07) is 4.08. The standard InChI is InChI=1S/C10H20O3Si.C10H20O2Si.C9H18O3Si.C5H8O2.C5H14OSi.Mo/c1-14(2,3)9-8-13-10(12)6-4-5-7-11;1-5-6-7-10(11)12-8-9-13(2,3)4;1-13(2,3)8-7-12-9(11)5-4-6-10;1-2-3-4-5(6)7;1-7(2,3)5-4-6;/h5,7,11H,4,6,8-9H2,1-3H3;5H,1,6-9H2,2-4H3;6H,4-5,7-8H2,1-3H3;2H,1,3-4H2,(H,6,7);6H,4-5H2,1-3H3;. The molecule has 0 heterocycles. The van der Waals surface area contributed by atoms with E-state index in [4.69, 9.17) is 29.5 Å². The number of aliphatic carboxylic acids is 1. The van der Waals surface area contributed by atoms with E-state index < -0.39 is 38.3 Å². The van der Waals surface area contributed by atoms with E-state index in [9.17, 15) is 24.0 Å². The van der Waals surface area contributed by atoms with Crippen LogP contribution in [-0.4, -0.2) is 104 Å².